The van der Waals surface area contributed by atoms with Crippen LogP contribution in [0, 0.1) is 5.92 Å². The predicted molar refractivity (Wildman–Crippen MR) is 79.2 cm³/mol. The molecule has 0 spiro atoms. The molecule has 4 nitrogen and oxygen atoms in total. The number of amides is 1. The van der Waals surface area contributed by atoms with Crippen LogP contribution in [-0.2, 0) is 0 Å². The lowest BCUT2D eigenvalue weighted by Gasteiger charge is -2.40. The molecule has 0 aliphatic carbocycles. The van der Waals surface area contributed by atoms with Gasteiger partial charge in [-0.2, -0.15) is 0 Å². The minimum atomic E-state index is -0.460. The third-order valence-electron chi connectivity index (χ3n) is 4.08. The lowest BCUT2D eigenvalue weighted by Crippen LogP contribution is -2.41. The van der Waals surface area contributed by atoms with Crippen molar-refractivity contribution in [3.05, 3.63) is 23.8 Å². The lowest BCUT2D eigenvalue weighted by molar-refractivity contribution is 0.100. The fraction of sp³-hybridized carbons (Fsp3) is 0.533. The Labute approximate surface area is 114 Å². The molecule has 19 heavy (non-hydrogen) atoms. The van der Waals surface area contributed by atoms with Crippen LogP contribution < -0.4 is 16.4 Å². The topological polar surface area (TPSA) is 72.3 Å². The molecule has 4 heteroatoms. The number of carbonyl (C=O) groups excluding carboxylic acids is 1. The molecule has 1 aliphatic rings. The molecule has 1 fully saturated rings. The highest BCUT2D eigenvalue weighted by Gasteiger charge is 2.25. The molecular formula is C15H23N3O. The van der Waals surface area contributed by atoms with Crippen molar-refractivity contribution in [1.82, 2.24) is 0 Å². The Bertz CT molecular complexity index is 472. The summed E-state index contributed by atoms with van der Waals surface area (Å²) in [6.07, 6.45) is 3.50. The van der Waals surface area contributed by atoms with Crippen molar-refractivity contribution in [3.63, 3.8) is 0 Å². The highest BCUT2D eigenvalue weighted by Crippen LogP contribution is 2.31. The van der Waals surface area contributed by atoms with E-state index in [0.29, 0.717) is 17.3 Å². The zero-order chi connectivity index (χ0) is 14.0. The maximum atomic E-state index is 11.4. The zero-order valence-electron chi connectivity index (χ0n) is 11.7. The summed E-state index contributed by atoms with van der Waals surface area (Å²) in [4.78, 5) is 13.8. The smallest absolute Gasteiger partial charge is 0.250 e. The Hall–Kier alpha value is -1.71. The van der Waals surface area contributed by atoms with Gasteiger partial charge in [-0.1, -0.05) is 13.8 Å². The number of carbonyl (C=O) groups is 1. The molecule has 0 radical (unpaired) electrons. The number of nitrogens with two attached hydrogens (primary N) is 2. The summed E-state index contributed by atoms with van der Waals surface area (Å²) in [5.74, 6) is 0.309. The van der Waals surface area contributed by atoms with E-state index in [1.165, 1.54) is 12.8 Å². The summed E-state index contributed by atoms with van der Waals surface area (Å²) >= 11 is 0. The molecule has 1 amide bonds. The van der Waals surface area contributed by atoms with E-state index in [2.05, 4.69) is 18.7 Å². The number of nitrogen functional groups attached to an aromatic ring is 1. The number of benzene rings is 1. The fourth-order valence-corrected chi connectivity index (χ4v) is 2.91. The number of piperidine rings is 1. The summed E-state index contributed by atoms with van der Waals surface area (Å²) in [7, 11) is 0. The second-order valence-corrected chi connectivity index (χ2v) is 5.52. The number of nitrogens with zero attached hydrogens (tertiary/aromatic N) is 1. The molecule has 1 aromatic carbocycles. The number of anilines is 2. The van der Waals surface area contributed by atoms with Crippen molar-refractivity contribution in [2.45, 2.75) is 39.2 Å². The van der Waals surface area contributed by atoms with Crippen LogP contribution in [0.25, 0.3) is 0 Å². The third-order valence-corrected chi connectivity index (χ3v) is 4.08. The Morgan fingerprint density at radius 2 is 2.21 bits per heavy atom. The van der Waals surface area contributed by atoms with Gasteiger partial charge >= 0.3 is 0 Å². The lowest BCUT2D eigenvalue weighted by atomic mass is 9.90. The highest BCUT2D eigenvalue weighted by atomic mass is 16.1. The van der Waals surface area contributed by atoms with E-state index in [1.54, 1.807) is 6.07 Å². The van der Waals surface area contributed by atoms with Crippen molar-refractivity contribution in [1.29, 1.82) is 0 Å². The maximum Gasteiger partial charge on any atom is 0.250 e. The Morgan fingerprint density at radius 1 is 1.47 bits per heavy atom. The Kier molecular flexibility index (Phi) is 3.98. The molecule has 1 unspecified atom stereocenters. The van der Waals surface area contributed by atoms with Gasteiger partial charge in [0, 0.05) is 24.0 Å². The first kappa shape index (κ1) is 13.7. The van der Waals surface area contributed by atoms with Crippen LogP contribution in [0.4, 0.5) is 11.4 Å². The van der Waals surface area contributed by atoms with E-state index in [9.17, 15) is 4.79 Å². The summed E-state index contributed by atoms with van der Waals surface area (Å²) in [5.41, 5.74) is 13.1. The van der Waals surface area contributed by atoms with Crippen LogP contribution in [0.3, 0.4) is 0 Å². The number of rotatable bonds is 3. The molecule has 1 saturated heterocycles. The highest BCUT2D eigenvalue weighted by molar-refractivity contribution is 5.99. The predicted octanol–water partition coefficient (Wildman–Crippen LogP) is 2.38. The maximum absolute atomic E-state index is 11.4. The van der Waals surface area contributed by atoms with Crippen molar-refractivity contribution >= 4 is 17.3 Å². The molecule has 104 valence electrons. The first-order valence-electron chi connectivity index (χ1n) is 6.98. The van der Waals surface area contributed by atoms with Crippen molar-refractivity contribution < 1.29 is 4.79 Å². The van der Waals surface area contributed by atoms with E-state index in [0.717, 1.165) is 24.6 Å². The summed E-state index contributed by atoms with van der Waals surface area (Å²) in [6, 6.07) is 6.13. The van der Waals surface area contributed by atoms with Gasteiger partial charge in [0.1, 0.15) is 0 Å². The number of hydrogen-bond donors (Lipinski definition) is 2. The average Bonchev–Trinajstić information content (AvgIpc) is 2.39. The summed E-state index contributed by atoms with van der Waals surface area (Å²) in [5, 5.41) is 0. The molecule has 2 atom stereocenters. The first-order chi connectivity index (χ1) is 9.02. The molecular weight excluding hydrogens is 238 g/mol. The standard InChI is InChI=1S/C15H23N3O/c1-3-11-8-10(2)6-7-18(11)12-4-5-14(16)13(9-12)15(17)19/h4-5,9-11H,3,6-8,16H2,1-2H3,(H2,17,19)/t10?,11-/m1/s1. The minimum Gasteiger partial charge on any atom is -0.398 e. The molecule has 1 heterocycles. The van der Waals surface area contributed by atoms with E-state index >= 15 is 0 Å². The largest absolute Gasteiger partial charge is 0.398 e. The van der Waals surface area contributed by atoms with Crippen LogP contribution in [0.15, 0.2) is 18.2 Å². The van der Waals surface area contributed by atoms with Crippen molar-refractivity contribution in [3.8, 4) is 0 Å². The average molecular weight is 261 g/mol. The molecule has 0 saturated carbocycles. The van der Waals surface area contributed by atoms with Crippen LogP contribution in [0.5, 0.6) is 0 Å². The van der Waals surface area contributed by atoms with Gasteiger partial charge in [-0.3, -0.25) is 4.79 Å². The summed E-state index contributed by atoms with van der Waals surface area (Å²) in [6.45, 7) is 5.54. The van der Waals surface area contributed by atoms with Gasteiger partial charge < -0.3 is 16.4 Å². The second kappa shape index (κ2) is 5.51. The summed E-state index contributed by atoms with van der Waals surface area (Å²) < 4.78 is 0. The Morgan fingerprint density at radius 3 is 2.84 bits per heavy atom. The molecule has 2 rings (SSSR count). The van der Waals surface area contributed by atoms with Gasteiger partial charge in [0.05, 0.1) is 5.56 Å². The van der Waals surface area contributed by atoms with E-state index in [-0.39, 0.29) is 0 Å². The normalized spacial score (nSPS) is 23.4. The van der Waals surface area contributed by atoms with Crippen LogP contribution >= 0.6 is 0 Å². The van der Waals surface area contributed by atoms with Gasteiger partial charge in [-0.05, 0) is 43.4 Å². The quantitative estimate of drug-likeness (QED) is 0.820. The molecule has 0 aromatic heterocycles. The molecule has 4 N–H and O–H groups in total. The zero-order valence-corrected chi connectivity index (χ0v) is 11.7. The van der Waals surface area contributed by atoms with Crippen molar-refractivity contribution in [2.24, 2.45) is 11.7 Å². The van der Waals surface area contributed by atoms with Gasteiger partial charge in [-0.15, -0.1) is 0 Å². The number of hydrogen-bond acceptors (Lipinski definition) is 3. The van der Waals surface area contributed by atoms with Gasteiger partial charge in [0.25, 0.3) is 5.91 Å². The molecule has 1 aromatic rings. The number of primary amides is 1. The monoisotopic (exact) mass is 261 g/mol. The molecule has 0 bridgehead atoms. The fourth-order valence-electron chi connectivity index (χ4n) is 2.91. The van der Waals surface area contributed by atoms with E-state index < -0.39 is 5.91 Å². The van der Waals surface area contributed by atoms with E-state index in [1.807, 2.05) is 12.1 Å². The molecule has 1 aliphatic heterocycles. The van der Waals surface area contributed by atoms with Gasteiger partial charge in [-0.25, -0.2) is 0 Å². The Balaban J connectivity index is 2.30. The minimum absolute atomic E-state index is 0.422. The van der Waals surface area contributed by atoms with Crippen molar-refractivity contribution in [2.75, 3.05) is 17.2 Å². The van der Waals surface area contributed by atoms with Gasteiger partial charge in [0.2, 0.25) is 0 Å². The van der Waals surface area contributed by atoms with E-state index in [4.69, 9.17) is 11.5 Å². The SMILES string of the molecule is CC[C@@H]1CC(C)CCN1c1ccc(N)c(C(N)=O)c1. The first-order valence-corrected chi connectivity index (χ1v) is 6.98. The van der Waals surface area contributed by atoms with Crippen LogP contribution in [0.1, 0.15) is 43.5 Å². The van der Waals surface area contributed by atoms with Crippen LogP contribution in [0.2, 0.25) is 0 Å². The van der Waals surface area contributed by atoms with Gasteiger partial charge in [0.15, 0.2) is 0 Å². The van der Waals surface area contributed by atoms with Crippen LogP contribution in [-0.4, -0.2) is 18.5 Å². The second-order valence-electron chi connectivity index (χ2n) is 5.52. The third kappa shape index (κ3) is 2.83.